The Hall–Kier alpha value is 0.470. The van der Waals surface area contributed by atoms with Crippen LogP contribution in [-0.2, 0) is 9.53 Å². The van der Waals surface area contributed by atoms with Crippen LogP contribution in [0.1, 0.15) is 117 Å². The quantitative estimate of drug-likeness (QED) is 0.174. The zero-order valence-corrected chi connectivity index (χ0v) is 18.3. The molecule has 0 aliphatic rings. The Balaban J connectivity index is 0. The fourth-order valence-electron chi connectivity index (χ4n) is 2.72. The van der Waals surface area contributed by atoms with E-state index in [0.29, 0.717) is 13.0 Å². The van der Waals surface area contributed by atoms with Crippen LogP contribution in [-0.4, -0.2) is 42.1 Å². The number of ether oxygens (including phenoxy) is 1. The Morgan fingerprint density at radius 3 is 1.48 bits per heavy atom. The summed E-state index contributed by atoms with van der Waals surface area (Å²) in [4.78, 5) is 11.6. The van der Waals surface area contributed by atoms with Crippen LogP contribution in [0.3, 0.4) is 0 Å². The molecule has 0 bridgehead atoms. The van der Waals surface area contributed by atoms with Gasteiger partial charge in [0.15, 0.2) is 0 Å². The number of hydrogen-bond acceptors (Lipinski definition) is 2. The molecule has 0 heterocycles. The van der Waals surface area contributed by atoms with Crippen molar-refractivity contribution in [2.75, 3.05) is 6.61 Å². The van der Waals surface area contributed by atoms with Gasteiger partial charge in [-0.15, -0.1) is 0 Å². The molecule has 0 aliphatic carbocycles. The van der Waals surface area contributed by atoms with Crippen molar-refractivity contribution < 1.29 is 9.53 Å². The van der Waals surface area contributed by atoms with E-state index in [1.54, 1.807) is 0 Å². The second kappa shape index (κ2) is 22.5. The zero-order chi connectivity index (χ0) is 16.3. The van der Waals surface area contributed by atoms with E-state index in [2.05, 4.69) is 13.8 Å². The molecule has 1 radical (unpaired) electrons. The van der Waals surface area contributed by atoms with Gasteiger partial charge >= 0.3 is 5.97 Å². The van der Waals surface area contributed by atoms with Crippen LogP contribution >= 0.6 is 0 Å². The van der Waals surface area contributed by atoms with Crippen molar-refractivity contribution >= 4 is 35.5 Å². The normalized spacial score (nSPS) is 10.3. The summed E-state index contributed by atoms with van der Waals surface area (Å²) in [5.41, 5.74) is 0. The third kappa shape index (κ3) is 22.5. The maximum absolute atomic E-state index is 11.6. The molecule has 3 heteroatoms. The van der Waals surface area contributed by atoms with Gasteiger partial charge in [0.2, 0.25) is 0 Å². The Bertz CT molecular complexity index is 232. The molecule has 0 aromatic heterocycles. The van der Waals surface area contributed by atoms with Gasteiger partial charge in [0, 0.05) is 36.0 Å². The minimum atomic E-state index is 0. The summed E-state index contributed by atoms with van der Waals surface area (Å²) in [5, 5.41) is 0. The van der Waals surface area contributed by atoms with Crippen LogP contribution in [0.4, 0.5) is 0 Å². The van der Waals surface area contributed by atoms with E-state index in [4.69, 9.17) is 4.74 Å². The maximum Gasteiger partial charge on any atom is 0.305 e. The largest absolute Gasteiger partial charge is 0.466 e. The molecular formula is C20H40NaO2. The van der Waals surface area contributed by atoms with E-state index in [9.17, 15) is 4.79 Å². The second-order valence-electron chi connectivity index (χ2n) is 6.57. The summed E-state index contributed by atoms with van der Waals surface area (Å²) in [6.45, 7) is 5.11. The third-order valence-electron chi connectivity index (χ3n) is 4.25. The summed E-state index contributed by atoms with van der Waals surface area (Å²) in [6.07, 6.45) is 19.7. The van der Waals surface area contributed by atoms with Gasteiger partial charge in [0.1, 0.15) is 0 Å². The van der Waals surface area contributed by atoms with Crippen LogP contribution < -0.4 is 0 Å². The Morgan fingerprint density at radius 1 is 0.609 bits per heavy atom. The molecule has 0 fully saturated rings. The fraction of sp³-hybridized carbons (Fsp3) is 0.950. The number of carbonyl (C=O) groups excluding carboxylic acids is 1. The van der Waals surface area contributed by atoms with Crippen molar-refractivity contribution in [3.05, 3.63) is 0 Å². The molecule has 0 saturated carbocycles. The molecule has 2 nitrogen and oxygen atoms in total. The van der Waals surface area contributed by atoms with Crippen molar-refractivity contribution in [3.8, 4) is 0 Å². The topological polar surface area (TPSA) is 26.3 Å². The van der Waals surface area contributed by atoms with Gasteiger partial charge in [-0.25, -0.2) is 0 Å². The number of hydrogen-bond donors (Lipinski definition) is 0. The molecule has 0 unspecified atom stereocenters. The first-order chi connectivity index (χ1) is 10.8. The summed E-state index contributed by atoms with van der Waals surface area (Å²) in [7, 11) is 0. The van der Waals surface area contributed by atoms with Crippen LogP contribution in [0.5, 0.6) is 0 Å². The van der Waals surface area contributed by atoms with Crippen molar-refractivity contribution in [1.29, 1.82) is 0 Å². The molecule has 0 rings (SSSR count). The van der Waals surface area contributed by atoms with Crippen molar-refractivity contribution in [2.45, 2.75) is 117 Å². The molecule has 0 aromatic carbocycles. The Morgan fingerprint density at radius 2 is 1.00 bits per heavy atom. The van der Waals surface area contributed by atoms with Gasteiger partial charge < -0.3 is 4.74 Å². The Kier molecular flexibility index (Phi) is 25.1. The average Bonchev–Trinajstić information content (AvgIpc) is 2.52. The van der Waals surface area contributed by atoms with Gasteiger partial charge in [-0.3, -0.25) is 4.79 Å². The number of carbonyl (C=O) groups is 1. The molecule has 0 N–H and O–H groups in total. The Labute approximate surface area is 167 Å². The molecule has 0 spiro atoms. The summed E-state index contributed by atoms with van der Waals surface area (Å²) in [5.74, 6) is 0.0107. The van der Waals surface area contributed by atoms with Crippen LogP contribution in [0.15, 0.2) is 0 Å². The molecule has 0 atom stereocenters. The molecule has 0 aliphatic heterocycles. The van der Waals surface area contributed by atoms with Gasteiger partial charge in [-0.2, -0.15) is 0 Å². The SMILES string of the molecule is CCCCCCCCCCCC(=O)OCCCCCCCC.[Na]. The average molecular weight is 336 g/mol. The first-order valence-corrected chi connectivity index (χ1v) is 9.96. The second-order valence-corrected chi connectivity index (χ2v) is 6.57. The van der Waals surface area contributed by atoms with E-state index in [0.717, 1.165) is 12.8 Å². The molecule has 0 saturated heterocycles. The molecule has 0 amide bonds. The van der Waals surface area contributed by atoms with Crippen molar-refractivity contribution in [2.24, 2.45) is 0 Å². The van der Waals surface area contributed by atoms with Gasteiger partial charge in [-0.05, 0) is 12.8 Å². The zero-order valence-electron chi connectivity index (χ0n) is 16.3. The molecule has 23 heavy (non-hydrogen) atoms. The van der Waals surface area contributed by atoms with E-state index in [-0.39, 0.29) is 35.5 Å². The van der Waals surface area contributed by atoms with Crippen LogP contribution in [0.2, 0.25) is 0 Å². The molecular weight excluding hydrogens is 295 g/mol. The monoisotopic (exact) mass is 335 g/mol. The predicted molar refractivity (Wildman–Crippen MR) is 102 cm³/mol. The van der Waals surface area contributed by atoms with Gasteiger partial charge in [0.05, 0.1) is 6.61 Å². The maximum atomic E-state index is 11.6. The molecule has 0 aromatic rings. The first-order valence-electron chi connectivity index (χ1n) is 9.96. The van der Waals surface area contributed by atoms with Gasteiger partial charge in [-0.1, -0.05) is 97.3 Å². The van der Waals surface area contributed by atoms with Crippen molar-refractivity contribution in [3.63, 3.8) is 0 Å². The van der Waals surface area contributed by atoms with Crippen molar-refractivity contribution in [1.82, 2.24) is 0 Å². The minimum Gasteiger partial charge on any atom is -0.466 e. The van der Waals surface area contributed by atoms with E-state index >= 15 is 0 Å². The van der Waals surface area contributed by atoms with E-state index in [1.165, 1.54) is 83.5 Å². The molecule has 133 valence electrons. The predicted octanol–water partition coefficient (Wildman–Crippen LogP) is 6.43. The summed E-state index contributed by atoms with van der Waals surface area (Å²) < 4.78 is 5.28. The smallest absolute Gasteiger partial charge is 0.305 e. The fourth-order valence-corrected chi connectivity index (χ4v) is 2.72. The summed E-state index contributed by atoms with van der Waals surface area (Å²) in [6, 6.07) is 0. The number of esters is 1. The third-order valence-corrected chi connectivity index (χ3v) is 4.25. The van der Waals surface area contributed by atoms with Crippen LogP contribution in [0.25, 0.3) is 0 Å². The van der Waals surface area contributed by atoms with E-state index < -0.39 is 0 Å². The van der Waals surface area contributed by atoms with E-state index in [1.807, 2.05) is 0 Å². The standard InChI is InChI=1S/C20H40O2.Na/c1-3-5-7-9-11-12-13-14-16-18-20(21)22-19-17-15-10-8-6-4-2;/h3-19H2,1-2H3;. The van der Waals surface area contributed by atoms with Gasteiger partial charge in [0.25, 0.3) is 0 Å². The minimum absolute atomic E-state index is 0. The first kappa shape index (κ1) is 25.7. The number of rotatable bonds is 17. The summed E-state index contributed by atoms with van der Waals surface area (Å²) >= 11 is 0. The number of unbranched alkanes of at least 4 members (excludes halogenated alkanes) is 13. The van der Waals surface area contributed by atoms with Crippen LogP contribution in [0, 0.1) is 0 Å².